The SMILES string of the molecule is CC(C)/N=C\c1ccc(O)cc1. The van der Waals surface area contributed by atoms with Crippen LogP contribution < -0.4 is 0 Å². The Labute approximate surface area is 72.6 Å². The summed E-state index contributed by atoms with van der Waals surface area (Å²) in [5, 5.41) is 8.99. The maximum absolute atomic E-state index is 8.99. The quantitative estimate of drug-likeness (QED) is 0.666. The number of phenols is 1. The lowest BCUT2D eigenvalue weighted by Crippen LogP contribution is -1.89. The van der Waals surface area contributed by atoms with Gasteiger partial charge >= 0.3 is 0 Å². The van der Waals surface area contributed by atoms with Gasteiger partial charge in [0.2, 0.25) is 0 Å². The number of nitrogens with zero attached hydrogens (tertiary/aromatic N) is 1. The zero-order valence-corrected chi connectivity index (χ0v) is 7.36. The zero-order chi connectivity index (χ0) is 8.97. The van der Waals surface area contributed by atoms with Crippen molar-refractivity contribution in [1.29, 1.82) is 0 Å². The van der Waals surface area contributed by atoms with Crippen LogP contribution in [-0.2, 0) is 0 Å². The van der Waals surface area contributed by atoms with Crippen LogP contribution in [0.2, 0.25) is 0 Å². The highest BCUT2D eigenvalue weighted by Gasteiger charge is 1.89. The second-order valence-corrected chi connectivity index (χ2v) is 2.96. The predicted molar refractivity (Wildman–Crippen MR) is 50.8 cm³/mol. The molecule has 12 heavy (non-hydrogen) atoms. The summed E-state index contributed by atoms with van der Waals surface area (Å²) in [6.45, 7) is 4.05. The van der Waals surface area contributed by atoms with Gasteiger partial charge in [0.25, 0.3) is 0 Å². The highest BCUT2D eigenvalue weighted by Crippen LogP contribution is 2.07. The minimum atomic E-state index is 0.289. The monoisotopic (exact) mass is 163 g/mol. The number of hydrogen-bond donors (Lipinski definition) is 1. The van der Waals surface area contributed by atoms with Crippen LogP contribution in [0, 0.1) is 0 Å². The Morgan fingerprint density at radius 2 is 1.83 bits per heavy atom. The van der Waals surface area contributed by atoms with E-state index >= 15 is 0 Å². The number of phenolic OH excluding ortho intramolecular Hbond substituents is 1. The van der Waals surface area contributed by atoms with Crippen molar-refractivity contribution in [1.82, 2.24) is 0 Å². The van der Waals surface area contributed by atoms with Gasteiger partial charge in [0.1, 0.15) is 5.75 Å². The lowest BCUT2D eigenvalue weighted by molar-refractivity contribution is 0.475. The molecule has 0 aliphatic rings. The van der Waals surface area contributed by atoms with E-state index in [2.05, 4.69) is 4.99 Å². The normalized spacial score (nSPS) is 11.2. The van der Waals surface area contributed by atoms with Crippen molar-refractivity contribution in [3.05, 3.63) is 29.8 Å². The number of hydrogen-bond acceptors (Lipinski definition) is 2. The van der Waals surface area contributed by atoms with Crippen LogP contribution in [0.5, 0.6) is 5.75 Å². The number of benzene rings is 1. The molecule has 0 atom stereocenters. The molecule has 2 nitrogen and oxygen atoms in total. The van der Waals surface area contributed by atoms with Gasteiger partial charge in [-0.15, -0.1) is 0 Å². The van der Waals surface area contributed by atoms with Crippen LogP contribution in [0.4, 0.5) is 0 Å². The van der Waals surface area contributed by atoms with Crippen LogP contribution >= 0.6 is 0 Å². The molecule has 0 saturated carbocycles. The van der Waals surface area contributed by atoms with Gasteiger partial charge in [-0.1, -0.05) is 0 Å². The first-order valence-electron chi connectivity index (χ1n) is 4.00. The predicted octanol–water partition coefficient (Wildman–Crippen LogP) is 2.22. The Kier molecular flexibility index (Phi) is 2.86. The molecule has 1 aromatic rings. The van der Waals surface area contributed by atoms with Crippen molar-refractivity contribution < 1.29 is 5.11 Å². The van der Waals surface area contributed by atoms with E-state index in [-0.39, 0.29) is 5.75 Å². The molecule has 1 aromatic carbocycles. The van der Waals surface area contributed by atoms with Gasteiger partial charge < -0.3 is 5.11 Å². The maximum atomic E-state index is 8.99. The molecular weight excluding hydrogens is 150 g/mol. The van der Waals surface area contributed by atoms with E-state index in [1.54, 1.807) is 12.1 Å². The fraction of sp³-hybridized carbons (Fsp3) is 0.300. The standard InChI is InChI=1S/C10H13NO/c1-8(2)11-7-9-3-5-10(12)6-4-9/h3-8,12H,1-2H3/b11-7-. The van der Waals surface area contributed by atoms with Gasteiger partial charge in [-0.05, 0) is 43.7 Å². The fourth-order valence-corrected chi connectivity index (χ4v) is 0.796. The first kappa shape index (κ1) is 8.78. The van der Waals surface area contributed by atoms with E-state index in [9.17, 15) is 0 Å². The lowest BCUT2D eigenvalue weighted by Gasteiger charge is -1.95. The molecular formula is C10H13NO. The molecule has 0 heterocycles. The first-order chi connectivity index (χ1) is 5.68. The summed E-state index contributed by atoms with van der Waals surface area (Å²) in [7, 11) is 0. The van der Waals surface area contributed by atoms with Gasteiger partial charge in [0.15, 0.2) is 0 Å². The summed E-state index contributed by atoms with van der Waals surface area (Å²) in [4.78, 5) is 4.22. The molecule has 0 radical (unpaired) electrons. The Morgan fingerprint density at radius 3 is 2.33 bits per heavy atom. The average molecular weight is 163 g/mol. The molecule has 0 saturated heterocycles. The molecule has 0 aliphatic carbocycles. The lowest BCUT2D eigenvalue weighted by atomic mass is 10.2. The van der Waals surface area contributed by atoms with E-state index in [4.69, 9.17) is 5.11 Å². The Balaban J connectivity index is 2.71. The topological polar surface area (TPSA) is 32.6 Å². The average Bonchev–Trinajstić information content (AvgIpc) is 2.03. The number of aliphatic imine (C=N–C) groups is 1. The summed E-state index contributed by atoms with van der Waals surface area (Å²) < 4.78 is 0. The van der Waals surface area contributed by atoms with Gasteiger partial charge in [-0.3, -0.25) is 4.99 Å². The van der Waals surface area contributed by atoms with E-state index in [0.717, 1.165) is 5.56 Å². The van der Waals surface area contributed by atoms with Crippen molar-refractivity contribution in [3.63, 3.8) is 0 Å². The minimum absolute atomic E-state index is 0.289. The molecule has 64 valence electrons. The summed E-state index contributed by atoms with van der Waals surface area (Å²) in [6.07, 6.45) is 1.81. The van der Waals surface area contributed by atoms with Crippen molar-refractivity contribution in [2.24, 2.45) is 4.99 Å². The van der Waals surface area contributed by atoms with E-state index in [0.29, 0.717) is 6.04 Å². The van der Waals surface area contributed by atoms with Gasteiger partial charge in [-0.2, -0.15) is 0 Å². The van der Waals surface area contributed by atoms with Crippen LogP contribution in [0.3, 0.4) is 0 Å². The van der Waals surface area contributed by atoms with E-state index < -0.39 is 0 Å². The highest BCUT2D eigenvalue weighted by atomic mass is 16.3. The second kappa shape index (κ2) is 3.90. The zero-order valence-electron chi connectivity index (χ0n) is 7.36. The molecule has 0 fully saturated rings. The summed E-state index contributed by atoms with van der Waals surface area (Å²) in [5.74, 6) is 0.289. The van der Waals surface area contributed by atoms with Crippen molar-refractivity contribution >= 4 is 6.21 Å². The summed E-state index contributed by atoms with van der Waals surface area (Å²) in [5.41, 5.74) is 1.02. The number of aromatic hydroxyl groups is 1. The molecule has 0 aliphatic heterocycles. The largest absolute Gasteiger partial charge is 0.508 e. The Morgan fingerprint density at radius 1 is 1.25 bits per heavy atom. The summed E-state index contributed by atoms with van der Waals surface area (Å²) >= 11 is 0. The molecule has 0 bridgehead atoms. The van der Waals surface area contributed by atoms with Gasteiger partial charge in [-0.25, -0.2) is 0 Å². The molecule has 1 rings (SSSR count). The second-order valence-electron chi connectivity index (χ2n) is 2.96. The Bertz CT molecular complexity index is 262. The van der Waals surface area contributed by atoms with Crippen LogP contribution in [0.1, 0.15) is 19.4 Å². The van der Waals surface area contributed by atoms with E-state index in [1.807, 2.05) is 32.2 Å². The molecule has 1 N–H and O–H groups in total. The van der Waals surface area contributed by atoms with Gasteiger partial charge in [0, 0.05) is 12.3 Å². The molecule has 0 amide bonds. The minimum Gasteiger partial charge on any atom is -0.508 e. The van der Waals surface area contributed by atoms with E-state index in [1.165, 1.54) is 0 Å². The smallest absolute Gasteiger partial charge is 0.115 e. The Hall–Kier alpha value is -1.31. The van der Waals surface area contributed by atoms with Crippen molar-refractivity contribution in [2.45, 2.75) is 19.9 Å². The molecule has 0 aromatic heterocycles. The fourth-order valence-electron chi connectivity index (χ4n) is 0.796. The maximum Gasteiger partial charge on any atom is 0.115 e. The van der Waals surface area contributed by atoms with Crippen LogP contribution in [-0.4, -0.2) is 17.4 Å². The molecule has 0 unspecified atom stereocenters. The third-order valence-electron chi connectivity index (χ3n) is 1.41. The third kappa shape index (κ3) is 2.74. The van der Waals surface area contributed by atoms with Crippen LogP contribution in [0.25, 0.3) is 0 Å². The first-order valence-corrected chi connectivity index (χ1v) is 4.00. The summed E-state index contributed by atoms with van der Waals surface area (Å²) in [6, 6.07) is 7.30. The molecule has 0 spiro atoms. The highest BCUT2D eigenvalue weighted by molar-refractivity contribution is 5.79. The molecule has 2 heteroatoms. The van der Waals surface area contributed by atoms with Crippen molar-refractivity contribution in [3.8, 4) is 5.75 Å². The van der Waals surface area contributed by atoms with Gasteiger partial charge in [0.05, 0.1) is 0 Å². The van der Waals surface area contributed by atoms with Crippen molar-refractivity contribution in [2.75, 3.05) is 0 Å². The van der Waals surface area contributed by atoms with Crippen LogP contribution in [0.15, 0.2) is 29.3 Å². The third-order valence-corrected chi connectivity index (χ3v) is 1.41. The number of rotatable bonds is 2.